The molecule has 1 heterocycles. The van der Waals surface area contributed by atoms with Crippen molar-refractivity contribution in [3.63, 3.8) is 0 Å². The average Bonchev–Trinajstić information content (AvgIpc) is 2.30. The first kappa shape index (κ1) is 12.9. The van der Waals surface area contributed by atoms with Crippen LogP contribution in [0.2, 0.25) is 0 Å². The summed E-state index contributed by atoms with van der Waals surface area (Å²) in [4.78, 5) is 3.45. The summed E-state index contributed by atoms with van der Waals surface area (Å²) in [6.45, 7) is 5.92. The first-order chi connectivity index (χ1) is 7.34. The van der Waals surface area contributed by atoms with Gasteiger partial charge in [0.15, 0.2) is 0 Å². The maximum absolute atomic E-state index is 5.42. The highest BCUT2D eigenvalue weighted by Gasteiger charge is 2.12. The summed E-state index contributed by atoms with van der Waals surface area (Å²) < 4.78 is 5.31. The van der Waals surface area contributed by atoms with Crippen molar-refractivity contribution in [1.29, 1.82) is 0 Å². The van der Waals surface area contributed by atoms with Gasteiger partial charge in [-0.2, -0.15) is 0 Å². The average molecular weight is 229 g/mol. The highest BCUT2D eigenvalue weighted by Crippen LogP contribution is 2.09. The molecule has 1 saturated heterocycles. The molecule has 0 radical (unpaired) electrons. The lowest BCUT2D eigenvalue weighted by Gasteiger charge is -2.29. The Bertz CT molecular complexity index is 178. The molecule has 0 N–H and O–H groups in total. The van der Waals surface area contributed by atoms with E-state index in [1.54, 1.807) is 0 Å². The Morgan fingerprint density at radius 2 is 1.80 bits per heavy atom. The number of nitrogens with zero attached hydrogens (tertiary/aromatic N) is 1. The van der Waals surface area contributed by atoms with Crippen molar-refractivity contribution < 1.29 is 4.74 Å². The molecule has 0 unspecified atom stereocenters. The minimum atomic E-state index is 0.843. The number of morpholine rings is 1. The van der Waals surface area contributed by atoms with Crippen LogP contribution in [0.25, 0.3) is 0 Å². The van der Waals surface area contributed by atoms with E-state index in [1.165, 1.54) is 32.1 Å². The molecular formula is C12H23NOS. The summed E-state index contributed by atoms with van der Waals surface area (Å²) in [6, 6.07) is 0. The summed E-state index contributed by atoms with van der Waals surface area (Å²) in [5, 5.41) is 0. The van der Waals surface area contributed by atoms with Crippen LogP contribution in [0.4, 0.5) is 0 Å². The van der Waals surface area contributed by atoms with Gasteiger partial charge in [-0.1, -0.05) is 44.8 Å². The van der Waals surface area contributed by atoms with E-state index in [9.17, 15) is 0 Å². The minimum Gasteiger partial charge on any atom is -0.378 e. The first-order valence-corrected chi connectivity index (χ1v) is 6.61. The Hall–Kier alpha value is -0.150. The van der Waals surface area contributed by atoms with Gasteiger partial charge in [-0.25, -0.2) is 0 Å². The zero-order valence-corrected chi connectivity index (χ0v) is 10.7. The van der Waals surface area contributed by atoms with Gasteiger partial charge in [0.1, 0.15) is 0 Å². The normalized spacial score (nSPS) is 16.7. The van der Waals surface area contributed by atoms with Crippen LogP contribution in [0.5, 0.6) is 0 Å². The smallest absolute Gasteiger partial charge is 0.0780 e. The fraction of sp³-hybridized carbons (Fsp3) is 0.917. The van der Waals surface area contributed by atoms with Crippen molar-refractivity contribution in [1.82, 2.24) is 4.90 Å². The number of rotatable bonds is 6. The minimum absolute atomic E-state index is 0.843. The summed E-state index contributed by atoms with van der Waals surface area (Å²) >= 11 is 5.42. The van der Waals surface area contributed by atoms with Crippen molar-refractivity contribution in [2.45, 2.75) is 45.4 Å². The quantitative estimate of drug-likeness (QED) is 0.513. The second-order valence-corrected chi connectivity index (χ2v) is 4.63. The molecule has 1 aliphatic rings. The number of ether oxygens (including phenoxy) is 1. The van der Waals surface area contributed by atoms with Crippen LogP contribution >= 0.6 is 12.2 Å². The van der Waals surface area contributed by atoms with E-state index < -0.39 is 0 Å². The van der Waals surface area contributed by atoms with E-state index in [-0.39, 0.29) is 0 Å². The Kier molecular flexibility index (Phi) is 6.94. The predicted octanol–water partition coefficient (Wildman–Crippen LogP) is 3.01. The number of unbranched alkanes of at least 4 members (excludes halogenated alkanes) is 4. The van der Waals surface area contributed by atoms with E-state index >= 15 is 0 Å². The van der Waals surface area contributed by atoms with E-state index in [2.05, 4.69) is 11.8 Å². The lowest BCUT2D eigenvalue weighted by Crippen LogP contribution is -2.39. The van der Waals surface area contributed by atoms with Crippen LogP contribution in [0.15, 0.2) is 0 Å². The third-order valence-electron chi connectivity index (χ3n) is 2.86. The lowest BCUT2D eigenvalue weighted by atomic mass is 10.1. The molecule has 0 aromatic heterocycles. The topological polar surface area (TPSA) is 12.5 Å². The summed E-state index contributed by atoms with van der Waals surface area (Å²) in [5.41, 5.74) is 0. The van der Waals surface area contributed by atoms with Gasteiger partial charge in [0, 0.05) is 13.1 Å². The monoisotopic (exact) mass is 229 g/mol. The first-order valence-electron chi connectivity index (χ1n) is 6.20. The fourth-order valence-electron chi connectivity index (χ4n) is 1.85. The number of hydrogen-bond donors (Lipinski definition) is 0. The van der Waals surface area contributed by atoms with Gasteiger partial charge in [0.2, 0.25) is 0 Å². The molecule has 2 nitrogen and oxygen atoms in total. The molecule has 88 valence electrons. The van der Waals surface area contributed by atoms with Crippen LogP contribution in [0, 0.1) is 0 Å². The van der Waals surface area contributed by atoms with Gasteiger partial charge >= 0.3 is 0 Å². The highest BCUT2D eigenvalue weighted by molar-refractivity contribution is 7.80. The molecule has 15 heavy (non-hydrogen) atoms. The Morgan fingerprint density at radius 1 is 1.13 bits per heavy atom. The van der Waals surface area contributed by atoms with Crippen molar-refractivity contribution in [3.8, 4) is 0 Å². The van der Waals surface area contributed by atoms with Gasteiger partial charge in [-0.05, 0) is 12.8 Å². The van der Waals surface area contributed by atoms with Crippen LogP contribution < -0.4 is 0 Å². The molecule has 0 aliphatic carbocycles. The number of hydrogen-bond acceptors (Lipinski definition) is 2. The summed E-state index contributed by atoms with van der Waals surface area (Å²) in [6.07, 6.45) is 7.73. The van der Waals surface area contributed by atoms with Crippen LogP contribution in [0.3, 0.4) is 0 Å². The van der Waals surface area contributed by atoms with Crippen LogP contribution in [-0.4, -0.2) is 36.2 Å². The predicted molar refractivity (Wildman–Crippen MR) is 68.4 cm³/mol. The molecule has 1 rings (SSSR count). The van der Waals surface area contributed by atoms with Crippen molar-refractivity contribution >= 4 is 17.2 Å². The zero-order valence-electron chi connectivity index (χ0n) is 9.83. The van der Waals surface area contributed by atoms with Crippen LogP contribution in [0.1, 0.15) is 45.4 Å². The molecule has 1 aliphatic heterocycles. The van der Waals surface area contributed by atoms with Gasteiger partial charge in [-0.3, -0.25) is 0 Å². The second-order valence-electron chi connectivity index (χ2n) is 4.16. The summed E-state index contributed by atoms with van der Waals surface area (Å²) in [7, 11) is 0. The molecule has 1 fully saturated rings. The highest BCUT2D eigenvalue weighted by atomic mass is 32.1. The third kappa shape index (κ3) is 5.47. The van der Waals surface area contributed by atoms with Gasteiger partial charge in [0.25, 0.3) is 0 Å². The molecular weight excluding hydrogens is 206 g/mol. The van der Waals surface area contributed by atoms with Crippen LogP contribution in [-0.2, 0) is 4.74 Å². The molecule has 0 spiro atoms. The maximum atomic E-state index is 5.42. The van der Waals surface area contributed by atoms with Gasteiger partial charge < -0.3 is 9.64 Å². The Morgan fingerprint density at radius 3 is 2.47 bits per heavy atom. The number of thiocarbonyl (C=S) groups is 1. The third-order valence-corrected chi connectivity index (χ3v) is 3.32. The molecule has 0 bridgehead atoms. The Balaban J connectivity index is 2.02. The maximum Gasteiger partial charge on any atom is 0.0780 e. The SMILES string of the molecule is CCCCCCCC(=S)N1CCOCC1. The fourth-order valence-corrected chi connectivity index (χ4v) is 2.18. The van der Waals surface area contributed by atoms with E-state index in [1.807, 2.05) is 0 Å². The second kappa shape index (κ2) is 8.05. The van der Waals surface area contributed by atoms with Crippen molar-refractivity contribution in [2.24, 2.45) is 0 Å². The van der Waals surface area contributed by atoms with E-state index in [0.29, 0.717) is 0 Å². The van der Waals surface area contributed by atoms with Gasteiger partial charge in [0.05, 0.1) is 18.2 Å². The molecule has 0 saturated carbocycles. The standard InChI is InChI=1S/C12H23NOS/c1-2-3-4-5-6-7-12(15)13-8-10-14-11-9-13/h2-11H2,1H3. The molecule has 0 aromatic carbocycles. The van der Waals surface area contributed by atoms with Crippen molar-refractivity contribution in [2.75, 3.05) is 26.3 Å². The van der Waals surface area contributed by atoms with Gasteiger partial charge in [-0.15, -0.1) is 0 Å². The molecule has 0 atom stereocenters. The Labute approximate surface area is 99.0 Å². The molecule has 0 aromatic rings. The molecule has 3 heteroatoms. The lowest BCUT2D eigenvalue weighted by molar-refractivity contribution is 0.0682. The van der Waals surface area contributed by atoms with E-state index in [0.717, 1.165) is 37.7 Å². The molecule has 0 amide bonds. The van der Waals surface area contributed by atoms with E-state index in [4.69, 9.17) is 17.0 Å². The van der Waals surface area contributed by atoms with Crippen molar-refractivity contribution in [3.05, 3.63) is 0 Å². The largest absolute Gasteiger partial charge is 0.378 e. The zero-order chi connectivity index (χ0) is 10.9. The summed E-state index contributed by atoms with van der Waals surface area (Å²) in [5.74, 6) is 0.